The number of nitrogens with zero attached hydrogens (tertiary/aromatic N) is 3. The number of halogens is 2. The van der Waals surface area contributed by atoms with Crippen LogP contribution in [0.2, 0.25) is 0 Å². The molecule has 0 aliphatic heterocycles. The Balaban J connectivity index is 0.00000341. The van der Waals surface area contributed by atoms with Crippen LogP contribution in [0.4, 0.5) is 9.52 Å². The van der Waals surface area contributed by atoms with Crippen molar-refractivity contribution in [3.05, 3.63) is 47.8 Å². The number of benzene rings is 2. The number of aryl methyl sites for hydroxylation is 1. The van der Waals surface area contributed by atoms with E-state index in [0.717, 1.165) is 28.7 Å². The summed E-state index contributed by atoms with van der Waals surface area (Å²) in [5.74, 6) is 0.577. The van der Waals surface area contributed by atoms with E-state index < -0.39 is 0 Å². The van der Waals surface area contributed by atoms with E-state index >= 15 is 0 Å². The van der Waals surface area contributed by atoms with E-state index in [0.29, 0.717) is 23.2 Å². The van der Waals surface area contributed by atoms with Gasteiger partial charge in [-0.25, -0.2) is 9.37 Å². The Morgan fingerprint density at radius 2 is 1.84 bits per heavy atom. The number of carbonyl (C=O) groups excluding carboxylic acids is 1. The number of hydrogen-bond donors (Lipinski definition) is 0. The molecular formula is C22H27ClFN3O3S. The third-order valence-corrected chi connectivity index (χ3v) is 5.82. The van der Waals surface area contributed by atoms with E-state index in [1.807, 2.05) is 33.2 Å². The maximum Gasteiger partial charge on any atom is 0.266 e. The molecule has 0 N–H and O–H groups in total. The van der Waals surface area contributed by atoms with Crippen molar-refractivity contribution >= 4 is 45.0 Å². The lowest BCUT2D eigenvalue weighted by atomic mass is 10.2. The van der Waals surface area contributed by atoms with E-state index in [4.69, 9.17) is 14.5 Å². The van der Waals surface area contributed by atoms with Crippen LogP contribution in [-0.4, -0.2) is 56.7 Å². The summed E-state index contributed by atoms with van der Waals surface area (Å²) in [5, 5.41) is 0.615. The Morgan fingerprint density at radius 1 is 1.13 bits per heavy atom. The highest BCUT2D eigenvalue weighted by molar-refractivity contribution is 7.22. The summed E-state index contributed by atoms with van der Waals surface area (Å²) >= 11 is 1.47. The van der Waals surface area contributed by atoms with E-state index in [9.17, 15) is 9.18 Å². The number of hydrogen-bond acceptors (Lipinski definition) is 6. The molecular weight excluding hydrogens is 441 g/mol. The van der Waals surface area contributed by atoms with Crippen molar-refractivity contribution in [3.8, 4) is 11.5 Å². The number of carbonyl (C=O) groups is 1. The van der Waals surface area contributed by atoms with Gasteiger partial charge in [0.1, 0.15) is 22.8 Å². The van der Waals surface area contributed by atoms with Crippen molar-refractivity contribution < 1.29 is 18.7 Å². The van der Waals surface area contributed by atoms with Gasteiger partial charge in [0.2, 0.25) is 0 Å². The maximum atomic E-state index is 13.1. The number of fused-ring (bicyclic) bond motifs is 1. The smallest absolute Gasteiger partial charge is 0.266 e. The Morgan fingerprint density at radius 3 is 2.48 bits per heavy atom. The molecule has 168 valence electrons. The standard InChI is InChI=1S/C22H26FN3O3S.ClH/c1-15-6-11-18(28-4)20-21(15)30-22(24-20)26(13-5-12-25(2)3)19(27)14-29-17-9-7-16(23)8-10-17;/h6-11H,5,12-14H2,1-4H3;1H. The van der Waals surface area contributed by atoms with Gasteiger partial charge in [-0.15, -0.1) is 12.4 Å². The third-order valence-electron chi connectivity index (χ3n) is 4.61. The molecule has 0 saturated carbocycles. The molecule has 6 nitrogen and oxygen atoms in total. The lowest BCUT2D eigenvalue weighted by Crippen LogP contribution is -2.36. The number of rotatable bonds is 9. The molecule has 31 heavy (non-hydrogen) atoms. The Kier molecular flexibility index (Phi) is 9.03. The van der Waals surface area contributed by atoms with Crippen LogP contribution in [0.3, 0.4) is 0 Å². The molecule has 0 atom stereocenters. The SMILES string of the molecule is COc1ccc(C)c2sc(N(CCCN(C)C)C(=O)COc3ccc(F)cc3)nc12.Cl. The second-order valence-corrected chi connectivity index (χ2v) is 8.18. The third kappa shape index (κ3) is 6.29. The lowest BCUT2D eigenvalue weighted by Gasteiger charge is -2.21. The minimum atomic E-state index is -0.349. The summed E-state index contributed by atoms with van der Waals surface area (Å²) < 4.78 is 25.1. The Bertz CT molecular complexity index is 1010. The predicted molar refractivity (Wildman–Crippen MR) is 126 cm³/mol. The van der Waals surface area contributed by atoms with Crippen LogP contribution in [0.15, 0.2) is 36.4 Å². The topological polar surface area (TPSA) is 54.9 Å². The van der Waals surface area contributed by atoms with Crippen LogP contribution in [0.5, 0.6) is 11.5 Å². The van der Waals surface area contributed by atoms with Gasteiger partial charge in [-0.1, -0.05) is 17.4 Å². The number of amides is 1. The number of ether oxygens (including phenoxy) is 2. The average molecular weight is 468 g/mol. The van der Waals surface area contributed by atoms with Crippen LogP contribution in [0.25, 0.3) is 10.2 Å². The molecule has 0 unspecified atom stereocenters. The van der Waals surface area contributed by atoms with Gasteiger partial charge in [-0.2, -0.15) is 0 Å². The van der Waals surface area contributed by atoms with Gasteiger partial charge in [0.25, 0.3) is 5.91 Å². The minimum absolute atomic E-state index is 0. The van der Waals surface area contributed by atoms with Crippen molar-refractivity contribution in [1.82, 2.24) is 9.88 Å². The Labute approximate surface area is 192 Å². The maximum absolute atomic E-state index is 13.1. The van der Waals surface area contributed by atoms with E-state index in [1.165, 1.54) is 35.6 Å². The first-order valence-corrected chi connectivity index (χ1v) is 10.5. The van der Waals surface area contributed by atoms with Gasteiger partial charge in [-0.3, -0.25) is 9.69 Å². The van der Waals surface area contributed by atoms with Gasteiger partial charge in [0.05, 0.1) is 11.8 Å². The van der Waals surface area contributed by atoms with Crippen molar-refractivity contribution in [2.45, 2.75) is 13.3 Å². The molecule has 0 spiro atoms. The summed E-state index contributed by atoms with van der Waals surface area (Å²) in [6.07, 6.45) is 0.793. The molecule has 0 radical (unpaired) electrons. The zero-order chi connectivity index (χ0) is 21.7. The fraction of sp³-hybridized carbons (Fsp3) is 0.364. The highest BCUT2D eigenvalue weighted by Crippen LogP contribution is 2.36. The summed E-state index contributed by atoms with van der Waals surface area (Å²) in [6, 6.07) is 9.49. The molecule has 1 heterocycles. The van der Waals surface area contributed by atoms with Gasteiger partial charge in [0, 0.05) is 6.54 Å². The fourth-order valence-electron chi connectivity index (χ4n) is 3.00. The molecule has 3 aromatic rings. The number of thiazole rings is 1. The van der Waals surface area contributed by atoms with Crippen molar-refractivity contribution in [3.63, 3.8) is 0 Å². The first-order valence-electron chi connectivity index (χ1n) is 9.66. The number of anilines is 1. The number of aromatic nitrogens is 1. The largest absolute Gasteiger partial charge is 0.494 e. The van der Waals surface area contributed by atoms with Gasteiger partial charge in [-0.05, 0) is 69.9 Å². The normalized spacial score (nSPS) is 10.8. The van der Waals surface area contributed by atoms with Crippen LogP contribution >= 0.6 is 23.7 Å². The molecule has 3 rings (SSSR count). The van der Waals surface area contributed by atoms with E-state index in [-0.39, 0.29) is 30.7 Å². The van der Waals surface area contributed by atoms with Crippen LogP contribution < -0.4 is 14.4 Å². The van der Waals surface area contributed by atoms with Crippen molar-refractivity contribution in [2.75, 3.05) is 45.8 Å². The molecule has 1 aromatic heterocycles. The summed E-state index contributed by atoms with van der Waals surface area (Å²) in [6.45, 7) is 3.22. The first kappa shape index (κ1) is 24.8. The molecule has 0 aliphatic rings. The van der Waals surface area contributed by atoms with Crippen LogP contribution in [-0.2, 0) is 4.79 Å². The van der Waals surface area contributed by atoms with E-state index in [1.54, 1.807) is 12.0 Å². The monoisotopic (exact) mass is 467 g/mol. The molecule has 0 saturated heterocycles. The molecule has 1 amide bonds. The van der Waals surface area contributed by atoms with Gasteiger partial charge < -0.3 is 14.4 Å². The highest BCUT2D eigenvalue weighted by atomic mass is 35.5. The van der Waals surface area contributed by atoms with Crippen LogP contribution in [0, 0.1) is 12.7 Å². The second kappa shape index (κ2) is 11.3. The zero-order valence-corrected chi connectivity index (χ0v) is 19.7. The van der Waals surface area contributed by atoms with Gasteiger partial charge in [0.15, 0.2) is 11.7 Å². The zero-order valence-electron chi connectivity index (χ0n) is 18.1. The second-order valence-electron chi connectivity index (χ2n) is 7.20. The lowest BCUT2D eigenvalue weighted by molar-refractivity contribution is -0.120. The molecule has 0 aliphatic carbocycles. The quantitative estimate of drug-likeness (QED) is 0.462. The molecule has 2 aromatic carbocycles. The average Bonchev–Trinajstić information content (AvgIpc) is 3.16. The highest BCUT2D eigenvalue weighted by Gasteiger charge is 2.22. The molecule has 0 bridgehead atoms. The fourth-order valence-corrected chi connectivity index (χ4v) is 4.10. The predicted octanol–water partition coefficient (Wildman–Crippen LogP) is 4.54. The number of methoxy groups -OCH3 is 1. The van der Waals surface area contributed by atoms with E-state index in [2.05, 4.69) is 4.90 Å². The summed E-state index contributed by atoms with van der Waals surface area (Å²) in [7, 11) is 5.60. The Hall–Kier alpha value is -2.42. The summed E-state index contributed by atoms with van der Waals surface area (Å²) in [4.78, 5) is 21.5. The first-order chi connectivity index (χ1) is 14.4. The van der Waals surface area contributed by atoms with Crippen LogP contribution in [0.1, 0.15) is 12.0 Å². The van der Waals surface area contributed by atoms with Crippen molar-refractivity contribution in [1.29, 1.82) is 0 Å². The molecule has 9 heteroatoms. The minimum Gasteiger partial charge on any atom is -0.494 e. The van der Waals surface area contributed by atoms with Crippen molar-refractivity contribution in [2.24, 2.45) is 0 Å². The molecule has 0 fully saturated rings. The van der Waals surface area contributed by atoms with Gasteiger partial charge >= 0.3 is 0 Å². The summed E-state index contributed by atoms with van der Waals surface area (Å²) in [5.41, 5.74) is 1.83.